The van der Waals surface area contributed by atoms with Crippen LogP contribution in [-0.4, -0.2) is 66.8 Å². The number of carbonyl (C=O) groups is 1. The molecule has 2 aromatic heterocycles. The molecule has 1 amide bonds. The zero-order valence-electron chi connectivity index (χ0n) is 18.4. The first-order chi connectivity index (χ1) is 14.7. The molecule has 12 heteroatoms. The molecule has 10 nitrogen and oxygen atoms in total. The molecule has 0 unspecified atom stereocenters. The molecule has 0 aliphatic carbocycles. The lowest BCUT2D eigenvalue weighted by Crippen LogP contribution is -2.29. The van der Waals surface area contributed by atoms with Crippen LogP contribution in [0, 0.1) is 5.82 Å². The fraction of sp³-hybridized carbons (Fsp3) is 0.579. The van der Waals surface area contributed by atoms with Gasteiger partial charge in [0.15, 0.2) is 5.82 Å². The maximum absolute atomic E-state index is 14.6. The molecule has 170 valence electrons. The van der Waals surface area contributed by atoms with Crippen LogP contribution in [0.2, 0.25) is 25.7 Å². The number of nitrogens with zero attached hydrogens (tertiary/aromatic N) is 5. The van der Waals surface area contributed by atoms with Crippen LogP contribution in [0.15, 0.2) is 12.3 Å². The number of anilines is 2. The van der Waals surface area contributed by atoms with Gasteiger partial charge in [-0.3, -0.25) is 0 Å². The molecule has 1 saturated heterocycles. The predicted octanol–water partition coefficient (Wildman–Crippen LogP) is 2.31. The second-order valence-electron chi connectivity index (χ2n) is 8.67. The lowest BCUT2D eigenvalue weighted by atomic mass is 10.2. The standard InChI is InChI=1S/C19H30FN7O3Si/c1-22-19(28)30-13-5-6-26(11-13)16-9-15(24-18(21)25-16)17-14(20)10-23-27(17)12-29-7-8-31(2,3)4/h9-10,13H,5-8,11-12H2,1-4H3,(H,22,28)(H2,21,24,25)/t13-/m1/s1. The molecule has 1 aliphatic heterocycles. The Kier molecular flexibility index (Phi) is 7.10. The number of aromatic nitrogens is 4. The highest BCUT2D eigenvalue weighted by Crippen LogP contribution is 2.27. The molecule has 1 fully saturated rings. The maximum atomic E-state index is 14.6. The van der Waals surface area contributed by atoms with Crippen LogP contribution in [0.4, 0.5) is 21.0 Å². The Labute approximate surface area is 181 Å². The zero-order valence-corrected chi connectivity index (χ0v) is 19.4. The highest BCUT2D eigenvalue weighted by Gasteiger charge is 2.27. The first-order valence-electron chi connectivity index (χ1n) is 10.2. The number of nitrogens with two attached hydrogens (primary N) is 1. The molecule has 0 radical (unpaired) electrons. The van der Waals surface area contributed by atoms with Crippen molar-refractivity contribution in [2.45, 2.75) is 44.9 Å². The van der Waals surface area contributed by atoms with Crippen LogP contribution >= 0.6 is 0 Å². The van der Waals surface area contributed by atoms with E-state index in [9.17, 15) is 9.18 Å². The summed E-state index contributed by atoms with van der Waals surface area (Å²) in [5.74, 6) is 0.0485. The van der Waals surface area contributed by atoms with Gasteiger partial charge in [-0.05, 0) is 6.04 Å². The molecule has 1 atom stereocenters. The highest BCUT2D eigenvalue weighted by atomic mass is 28.3. The number of nitrogen functional groups attached to an aromatic ring is 1. The van der Waals surface area contributed by atoms with Crippen molar-refractivity contribution in [3.63, 3.8) is 0 Å². The smallest absolute Gasteiger partial charge is 0.407 e. The average molecular weight is 452 g/mol. The van der Waals surface area contributed by atoms with Crippen LogP contribution < -0.4 is 16.0 Å². The first kappa shape index (κ1) is 22.9. The van der Waals surface area contributed by atoms with Crippen molar-refractivity contribution in [2.75, 3.05) is 37.4 Å². The Morgan fingerprint density at radius 3 is 2.87 bits per heavy atom. The number of halogens is 1. The molecule has 0 spiro atoms. The van der Waals surface area contributed by atoms with Gasteiger partial charge < -0.3 is 25.4 Å². The van der Waals surface area contributed by atoms with Crippen molar-refractivity contribution in [3.8, 4) is 11.4 Å². The quantitative estimate of drug-likeness (QED) is 0.463. The third-order valence-corrected chi connectivity index (χ3v) is 6.63. The number of ether oxygens (including phenoxy) is 2. The number of carbonyl (C=O) groups excluding carboxylic acids is 1. The molecular weight excluding hydrogens is 421 g/mol. The molecule has 3 heterocycles. The summed E-state index contributed by atoms with van der Waals surface area (Å²) in [6.45, 7) is 8.60. The summed E-state index contributed by atoms with van der Waals surface area (Å²) < 4.78 is 27.0. The third-order valence-electron chi connectivity index (χ3n) is 4.92. The Morgan fingerprint density at radius 1 is 1.39 bits per heavy atom. The Morgan fingerprint density at radius 2 is 2.16 bits per heavy atom. The predicted molar refractivity (Wildman–Crippen MR) is 118 cm³/mol. The van der Waals surface area contributed by atoms with Gasteiger partial charge in [-0.1, -0.05) is 19.6 Å². The topological polar surface area (TPSA) is 120 Å². The molecular formula is C19H30FN7O3Si. The van der Waals surface area contributed by atoms with E-state index in [1.807, 2.05) is 4.90 Å². The van der Waals surface area contributed by atoms with Crippen LogP contribution in [0.25, 0.3) is 11.4 Å². The Balaban J connectivity index is 1.75. The Bertz CT molecular complexity index is 918. The van der Waals surface area contributed by atoms with Crippen molar-refractivity contribution >= 4 is 25.9 Å². The molecule has 3 rings (SSSR count). The van der Waals surface area contributed by atoms with Crippen LogP contribution in [-0.2, 0) is 16.2 Å². The minimum atomic E-state index is -1.22. The van der Waals surface area contributed by atoms with Gasteiger partial charge in [0, 0.05) is 40.8 Å². The van der Waals surface area contributed by atoms with Crippen molar-refractivity contribution in [1.29, 1.82) is 0 Å². The Hall–Kier alpha value is -2.73. The zero-order chi connectivity index (χ0) is 22.6. The fourth-order valence-corrected chi connectivity index (χ4v) is 3.98. The number of hydrogen-bond donors (Lipinski definition) is 2. The van der Waals surface area contributed by atoms with E-state index in [2.05, 4.69) is 40.0 Å². The van der Waals surface area contributed by atoms with Gasteiger partial charge in [0.25, 0.3) is 0 Å². The summed E-state index contributed by atoms with van der Waals surface area (Å²) in [7, 11) is 0.290. The van der Waals surface area contributed by atoms with Gasteiger partial charge in [-0.25, -0.2) is 18.9 Å². The molecule has 0 saturated carbocycles. The van der Waals surface area contributed by atoms with Crippen molar-refractivity contribution in [3.05, 3.63) is 18.1 Å². The summed E-state index contributed by atoms with van der Waals surface area (Å²) in [4.78, 5) is 21.9. The lowest BCUT2D eigenvalue weighted by Gasteiger charge is -2.19. The number of rotatable bonds is 8. The summed E-state index contributed by atoms with van der Waals surface area (Å²) in [5.41, 5.74) is 6.43. The minimum absolute atomic E-state index is 0.0231. The van der Waals surface area contributed by atoms with Crippen molar-refractivity contribution < 1.29 is 18.7 Å². The maximum Gasteiger partial charge on any atom is 0.407 e. The van der Waals surface area contributed by atoms with E-state index in [1.54, 1.807) is 6.07 Å². The van der Waals surface area contributed by atoms with E-state index >= 15 is 0 Å². The van der Waals surface area contributed by atoms with Gasteiger partial charge >= 0.3 is 6.09 Å². The molecule has 0 aromatic carbocycles. The SMILES string of the molecule is CNC(=O)O[C@@H]1CCN(c2cc(-c3c(F)cnn3COCC[Si](C)(C)C)nc(N)n2)C1. The van der Waals surface area contributed by atoms with E-state index in [4.69, 9.17) is 15.2 Å². The average Bonchev–Trinajstić information content (AvgIpc) is 3.30. The van der Waals surface area contributed by atoms with E-state index in [0.29, 0.717) is 37.6 Å². The highest BCUT2D eigenvalue weighted by molar-refractivity contribution is 6.76. The van der Waals surface area contributed by atoms with E-state index in [-0.39, 0.29) is 24.5 Å². The van der Waals surface area contributed by atoms with Crippen molar-refractivity contribution in [1.82, 2.24) is 25.1 Å². The van der Waals surface area contributed by atoms with Crippen LogP contribution in [0.1, 0.15) is 6.42 Å². The minimum Gasteiger partial charge on any atom is -0.444 e. The second-order valence-corrected chi connectivity index (χ2v) is 14.3. The number of hydrogen-bond acceptors (Lipinski definition) is 8. The fourth-order valence-electron chi connectivity index (χ4n) is 3.22. The summed E-state index contributed by atoms with van der Waals surface area (Å²) >= 11 is 0. The summed E-state index contributed by atoms with van der Waals surface area (Å²) in [6.07, 6.45) is 1.05. The van der Waals surface area contributed by atoms with Crippen LogP contribution in [0.3, 0.4) is 0 Å². The van der Waals surface area contributed by atoms with Crippen molar-refractivity contribution in [2.24, 2.45) is 0 Å². The van der Waals surface area contributed by atoms with E-state index < -0.39 is 20.0 Å². The number of amides is 1. The normalized spacial score (nSPS) is 16.5. The molecule has 31 heavy (non-hydrogen) atoms. The first-order valence-corrected chi connectivity index (χ1v) is 13.9. The lowest BCUT2D eigenvalue weighted by molar-refractivity contribution is 0.0796. The summed E-state index contributed by atoms with van der Waals surface area (Å²) in [5, 5.41) is 6.52. The number of alkyl carbamates (subject to hydrolysis) is 1. The molecule has 2 aromatic rings. The van der Waals surface area contributed by atoms with Gasteiger partial charge in [-0.15, -0.1) is 0 Å². The van der Waals surface area contributed by atoms with Gasteiger partial charge in [0.1, 0.15) is 24.3 Å². The van der Waals surface area contributed by atoms with Gasteiger partial charge in [0.05, 0.1) is 18.4 Å². The van der Waals surface area contributed by atoms with Gasteiger partial charge in [-0.2, -0.15) is 10.1 Å². The number of nitrogens with one attached hydrogen (secondary N) is 1. The largest absolute Gasteiger partial charge is 0.444 e. The monoisotopic (exact) mass is 451 g/mol. The molecule has 3 N–H and O–H groups in total. The molecule has 0 bridgehead atoms. The third kappa shape index (κ3) is 6.14. The summed E-state index contributed by atoms with van der Waals surface area (Å²) in [6, 6.07) is 2.67. The molecule has 1 aliphatic rings. The van der Waals surface area contributed by atoms with E-state index in [1.165, 1.54) is 11.7 Å². The van der Waals surface area contributed by atoms with E-state index in [0.717, 1.165) is 12.2 Å². The van der Waals surface area contributed by atoms with Gasteiger partial charge in [0.2, 0.25) is 5.95 Å². The second kappa shape index (κ2) is 9.60. The van der Waals surface area contributed by atoms with Crippen LogP contribution in [0.5, 0.6) is 0 Å².